The van der Waals surface area contributed by atoms with Crippen LogP contribution in [0, 0.1) is 17.8 Å². The number of carboxylic acids is 2. The highest BCUT2D eigenvalue weighted by Gasteiger charge is 2.41. The predicted octanol–water partition coefficient (Wildman–Crippen LogP) is -1.60. The molecule has 8 amide bonds. The van der Waals surface area contributed by atoms with Crippen LogP contribution >= 0.6 is 11.8 Å². The molecule has 0 aliphatic carbocycles. The van der Waals surface area contributed by atoms with Crippen LogP contribution in [0.5, 0.6) is 0 Å². The Morgan fingerprint density at radius 3 is 2.01 bits per heavy atom. The number of hydrogen-bond donors (Lipinski definition) is 12. The number of carbonyl (C=O) groups excluding carboxylic acids is 9. The van der Waals surface area contributed by atoms with Crippen molar-refractivity contribution in [1.29, 1.82) is 0 Å². The third kappa shape index (κ3) is 22.1. The molecule has 2 rings (SSSR count). The summed E-state index contributed by atoms with van der Waals surface area (Å²) >= 11 is 0.730. The molecule has 8 atom stereocenters. The molecule has 25 nitrogen and oxygen atoms in total. The molecule has 26 heteroatoms. The first-order valence-corrected chi connectivity index (χ1v) is 25.4. The number of imidazole rings is 1. The van der Waals surface area contributed by atoms with E-state index in [1.807, 2.05) is 27.7 Å². The fraction of sp³-hybridized carbons (Fsp3) is 0.696. The minimum Gasteiger partial charge on any atom is -0.481 e. The van der Waals surface area contributed by atoms with Crippen molar-refractivity contribution in [3.05, 3.63) is 18.2 Å². The number of nitrogens with zero attached hydrogens (tertiary/aromatic N) is 2. The molecule has 0 aromatic carbocycles. The Kier molecular flexibility index (Phi) is 27.6. The van der Waals surface area contributed by atoms with E-state index in [1.165, 1.54) is 17.4 Å². The van der Waals surface area contributed by atoms with E-state index < -0.39 is 132 Å². The van der Waals surface area contributed by atoms with Crippen molar-refractivity contribution in [3.63, 3.8) is 0 Å². The van der Waals surface area contributed by atoms with Gasteiger partial charge in [-0.15, -0.1) is 0 Å². The molecule has 404 valence electrons. The summed E-state index contributed by atoms with van der Waals surface area (Å²) in [5, 5.41) is 36.0. The molecule has 2 heterocycles. The number of amides is 8. The number of rotatable bonds is 33. The fourth-order valence-corrected chi connectivity index (χ4v) is 8.19. The molecule has 1 fully saturated rings. The van der Waals surface area contributed by atoms with Gasteiger partial charge in [-0.1, -0.05) is 59.7 Å². The monoisotopic (exact) mass is 1040 g/mol. The van der Waals surface area contributed by atoms with Crippen molar-refractivity contribution < 1.29 is 63.0 Å². The Morgan fingerprint density at radius 1 is 0.778 bits per heavy atom. The number of nitrogens with two attached hydrogens (primary N) is 2. The topological polar surface area (TPSA) is 396 Å². The molecule has 1 aliphatic heterocycles. The Labute approximate surface area is 423 Å². The number of aromatic nitrogens is 2. The Balaban J connectivity index is 2.28. The van der Waals surface area contributed by atoms with Gasteiger partial charge in [0.2, 0.25) is 52.4 Å². The van der Waals surface area contributed by atoms with Gasteiger partial charge in [0.25, 0.3) is 0 Å². The van der Waals surface area contributed by atoms with E-state index in [9.17, 15) is 57.8 Å². The molecule has 0 unspecified atom stereocenters. The number of aliphatic carboxylic acids is 2. The number of thioether (sulfide) groups is 1. The zero-order chi connectivity index (χ0) is 54.1. The van der Waals surface area contributed by atoms with Crippen LogP contribution < -0.4 is 48.7 Å². The maximum Gasteiger partial charge on any atom is 0.304 e. The van der Waals surface area contributed by atoms with Crippen molar-refractivity contribution in [2.75, 3.05) is 31.9 Å². The maximum absolute atomic E-state index is 14.4. The van der Waals surface area contributed by atoms with Gasteiger partial charge >= 0.3 is 11.9 Å². The second-order valence-electron chi connectivity index (χ2n) is 18.6. The van der Waals surface area contributed by atoms with E-state index in [0.29, 0.717) is 31.4 Å². The van der Waals surface area contributed by atoms with Crippen molar-refractivity contribution in [1.82, 2.24) is 52.1 Å². The summed E-state index contributed by atoms with van der Waals surface area (Å²) in [6.45, 7) is 10.0. The van der Waals surface area contributed by atoms with Crippen LogP contribution in [0.25, 0.3) is 0 Å². The molecule has 0 spiro atoms. The lowest BCUT2D eigenvalue weighted by molar-refractivity contribution is -0.144. The lowest BCUT2D eigenvalue weighted by atomic mass is 9.97. The van der Waals surface area contributed by atoms with Gasteiger partial charge in [0.15, 0.2) is 0 Å². The fourth-order valence-electron chi connectivity index (χ4n) is 7.52. The number of aromatic amines is 1. The Bertz CT molecular complexity index is 2010. The highest BCUT2D eigenvalue weighted by atomic mass is 32.2. The van der Waals surface area contributed by atoms with Crippen molar-refractivity contribution in [2.45, 2.75) is 154 Å². The van der Waals surface area contributed by atoms with E-state index in [1.54, 1.807) is 13.8 Å². The average molecular weight is 1040 g/mol. The van der Waals surface area contributed by atoms with Gasteiger partial charge in [0.05, 0.1) is 31.9 Å². The van der Waals surface area contributed by atoms with E-state index in [2.05, 4.69) is 47.2 Å². The van der Waals surface area contributed by atoms with Gasteiger partial charge in [-0.05, 0) is 69.2 Å². The average Bonchev–Trinajstić information content (AvgIpc) is 4.04. The summed E-state index contributed by atoms with van der Waals surface area (Å²) in [7, 11) is 0. The third-order valence-corrected chi connectivity index (χ3v) is 12.7. The largest absolute Gasteiger partial charge is 0.481 e. The molecule has 1 aliphatic rings. The highest BCUT2D eigenvalue weighted by Crippen LogP contribution is 2.21. The van der Waals surface area contributed by atoms with Crippen LogP contribution in [-0.2, 0) is 59.2 Å². The van der Waals surface area contributed by atoms with Crippen LogP contribution in [0.3, 0.4) is 0 Å². The number of hydrogen-bond acceptors (Lipinski definition) is 15. The molecule has 0 bridgehead atoms. The molecule has 1 aromatic heterocycles. The summed E-state index contributed by atoms with van der Waals surface area (Å²) in [5.41, 5.74) is 12.3. The molecule has 72 heavy (non-hydrogen) atoms. The van der Waals surface area contributed by atoms with Crippen LogP contribution in [0.1, 0.15) is 111 Å². The number of likely N-dealkylation sites (tertiary alicyclic amines) is 1. The van der Waals surface area contributed by atoms with E-state index in [4.69, 9.17) is 16.6 Å². The van der Waals surface area contributed by atoms with Gasteiger partial charge in [0, 0.05) is 37.0 Å². The van der Waals surface area contributed by atoms with Crippen LogP contribution in [0.2, 0.25) is 0 Å². The second kappa shape index (κ2) is 32.0. The number of unbranched alkanes of at least 4 members (excludes halogenated alkanes) is 1. The van der Waals surface area contributed by atoms with Crippen LogP contribution in [0.4, 0.5) is 0 Å². The quantitative estimate of drug-likeness (QED) is 0.0353. The summed E-state index contributed by atoms with van der Waals surface area (Å²) in [6, 6.07) is -8.39. The minimum atomic E-state index is -1.47. The number of nitrogens with one attached hydrogen (secondary N) is 8. The third-order valence-electron chi connectivity index (χ3n) is 11.9. The zero-order valence-corrected chi connectivity index (χ0v) is 42.9. The zero-order valence-electron chi connectivity index (χ0n) is 42.1. The molecular weight excluding hydrogens is 961 g/mol. The van der Waals surface area contributed by atoms with E-state index in [-0.39, 0.29) is 69.2 Å². The molecule has 1 aromatic rings. The maximum atomic E-state index is 14.4. The molecule has 0 radical (unpaired) electrons. The smallest absolute Gasteiger partial charge is 0.304 e. The van der Waals surface area contributed by atoms with Gasteiger partial charge in [-0.25, -0.2) is 4.98 Å². The van der Waals surface area contributed by atoms with E-state index >= 15 is 0 Å². The lowest BCUT2D eigenvalue weighted by Gasteiger charge is -2.31. The van der Waals surface area contributed by atoms with Crippen LogP contribution in [-0.4, -0.2) is 164 Å². The Hall–Kier alpha value is -6.15. The molecular formula is C46H76N12O13S. The molecule has 1 saturated heterocycles. The van der Waals surface area contributed by atoms with Crippen LogP contribution in [0.15, 0.2) is 12.5 Å². The first-order valence-electron chi connectivity index (χ1n) is 24.4. The summed E-state index contributed by atoms with van der Waals surface area (Å²) in [4.78, 5) is 152. The van der Waals surface area contributed by atoms with Crippen molar-refractivity contribution in [2.24, 2.45) is 29.2 Å². The summed E-state index contributed by atoms with van der Waals surface area (Å²) in [6.07, 6.45) is 3.74. The first-order chi connectivity index (χ1) is 34.0. The highest BCUT2D eigenvalue weighted by molar-refractivity contribution is 8.13. The SMILES string of the molecule is CC[C@H](C)[C@H](N)C(=O)N[C@@H](CC(C)C)C(=O)N[C@@H](CCCCN)C(=O)N[C@@H](CCC(=O)O)C(=O)N1CCC[C@H]1C(=O)N[C@H](C(=O)N[C@@H](Cc1cnc[nH]1)C(=O)NCC(=O)NCC(=O)SCCC(=O)O)C(C)C. The van der Waals surface area contributed by atoms with Gasteiger partial charge < -0.3 is 68.8 Å². The standard InChI is InChI=1S/C46H76N12O13S/c1-7-27(6)38(48)44(69)55-31(19-25(2)3)42(67)53-29(11-8-9-16-47)41(66)54-30(13-14-35(60)61)46(71)58-17-10-12-33(58)43(68)57-39(26(4)5)45(70)56-32(20-28-21-49-24-52-28)40(65)51-22-34(59)50-23-37(64)72-18-15-36(62)63/h21,24-27,29-33,38-39H,7-20,22-23,47-48H2,1-6H3,(H,49,52)(H,50,59)(H,51,65)(H,53,67)(H,54,66)(H,55,69)(H,56,70)(H,57,68)(H,60,61)(H,62,63)/t27-,29-,30-,31-,32-,33-,38-,39-/m0/s1. The normalized spacial score (nSPS) is 16.2. The number of H-pyrrole nitrogens is 1. The van der Waals surface area contributed by atoms with Gasteiger partial charge in [-0.2, -0.15) is 0 Å². The predicted molar refractivity (Wildman–Crippen MR) is 264 cm³/mol. The summed E-state index contributed by atoms with van der Waals surface area (Å²) < 4.78 is 0. The van der Waals surface area contributed by atoms with Gasteiger partial charge in [0.1, 0.15) is 36.3 Å². The number of carbonyl (C=O) groups is 11. The number of carboxylic acid groups (broad SMARTS) is 2. The first kappa shape index (κ1) is 62.0. The van der Waals surface area contributed by atoms with E-state index in [0.717, 1.165) is 11.8 Å². The summed E-state index contributed by atoms with van der Waals surface area (Å²) in [5.74, 6) is -8.97. The van der Waals surface area contributed by atoms with Gasteiger partial charge in [-0.3, -0.25) is 52.7 Å². The molecule has 0 saturated carbocycles. The van der Waals surface area contributed by atoms with Crippen molar-refractivity contribution >= 4 is 76.1 Å². The Morgan fingerprint density at radius 2 is 1.42 bits per heavy atom. The van der Waals surface area contributed by atoms with Crippen molar-refractivity contribution in [3.8, 4) is 0 Å². The minimum absolute atomic E-state index is 0.0138. The second-order valence-corrected chi connectivity index (χ2v) is 19.7. The lowest BCUT2D eigenvalue weighted by Crippen LogP contribution is -2.60. The molecule has 14 N–H and O–H groups in total.